The maximum atomic E-state index is 12.0. The zero-order valence-electron chi connectivity index (χ0n) is 14.9. The first-order valence-electron chi connectivity index (χ1n) is 8.96. The van der Waals surface area contributed by atoms with E-state index >= 15 is 0 Å². The highest BCUT2D eigenvalue weighted by Crippen LogP contribution is 2.23. The number of esters is 1. The van der Waals surface area contributed by atoms with Crippen molar-refractivity contribution in [3.8, 4) is 5.75 Å². The average molecular weight is 342 g/mol. The molecule has 0 unspecified atom stereocenters. The molecule has 0 bridgehead atoms. The Balaban J connectivity index is 1.76. The lowest BCUT2D eigenvalue weighted by atomic mass is 10.1. The monoisotopic (exact) mass is 342 g/mol. The molecule has 25 heavy (non-hydrogen) atoms. The van der Waals surface area contributed by atoms with Crippen LogP contribution in [0.1, 0.15) is 56.9 Å². The number of benzene rings is 1. The number of rotatable bonds is 10. The highest BCUT2D eigenvalue weighted by atomic mass is 16.5. The standard InChI is InChI=1S/C21H26O4/c1-3-4-5-6-7-8-9-10-11-20(22)24-17-12-13-19-18(15-17)16(2)14-21(23)25-19/h3,12-15H,1,4-11H2,2H3. The Hall–Kier alpha value is -2.36. The minimum Gasteiger partial charge on any atom is -0.427 e. The van der Waals surface area contributed by atoms with E-state index in [0.717, 1.165) is 36.6 Å². The van der Waals surface area contributed by atoms with Gasteiger partial charge in [-0.1, -0.05) is 31.8 Å². The molecular weight excluding hydrogens is 316 g/mol. The number of aryl methyl sites for hydroxylation is 1. The van der Waals surface area contributed by atoms with Crippen molar-refractivity contribution in [2.45, 2.75) is 58.3 Å². The number of fused-ring (bicyclic) bond motifs is 1. The van der Waals surface area contributed by atoms with Crippen molar-refractivity contribution in [3.05, 3.63) is 52.9 Å². The minimum atomic E-state index is -0.376. The van der Waals surface area contributed by atoms with Crippen LogP contribution in [0.25, 0.3) is 11.0 Å². The highest BCUT2D eigenvalue weighted by molar-refractivity contribution is 5.82. The van der Waals surface area contributed by atoms with Crippen LogP contribution in [0.15, 0.2) is 46.1 Å². The minimum absolute atomic E-state index is 0.221. The van der Waals surface area contributed by atoms with Crippen LogP contribution in [0.4, 0.5) is 0 Å². The maximum absolute atomic E-state index is 12.0. The van der Waals surface area contributed by atoms with E-state index in [0.29, 0.717) is 17.8 Å². The van der Waals surface area contributed by atoms with Crippen molar-refractivity contribution in [2.24, 2.45) is 0 Å². The van der Waals surface area contributed by atoms with E-state index in [1.165, 1.54) is 25.3 Å². The lowest BCUT2D eigenvalue weighted by Crippen LogP contribution is -2.07. The topological polar surface area (TPSA) is 56.5 Å². The Kier molecular flexibility index (Phi) is 7.45. The molecule has 0 N–H and O–H groups in total. The number of unbranched alkanes of at least 4 members (excludes halogenated alkanes) is 6. The van der Waals surface area contributed by atoms with Crippen LogP contribution in [-0.2, 0) is 4.79 Å². The fourth-order valence-corrected chi connectivity index (χ4v) is 2.81. The molecular formula is C21H26O4. The van der Waals surface area contributed by atoms with Gasteiger partial charge in [0.2, 0.25) is 0 Å². The Bertz CT molecular complexity index is 773. The summed E-state index contributed by atoms with van der Waals surface area (Å²) in [6.45, 7) is 5.55. The van der Waals surface area contributed by atoms with Gasteiger partial charge in [0.25, 0.3) is 0 Å². The van der Waals surface area contributed by atoms with E-state index in [1.807, 2.05) is 13.0 Å². The molecule has 0 saturated carbocycles. The lowest BCUT2D eigenvalue weighted by molar-refractivity contribution is -0.134. The first kappa shape index (κ1) is 19.0. The summed E-state index contributed by atoms with van der Waals surface area (Å²) in [5, 5.41) is 0.782. The molecule has 0 radical (unpaired) electrons. The fourth-order valence-electron chi connectivity index (χ4n) is 2.81. The molecule has 0 atom stereocenters. The van der Waals surface area contributed by atoms with Crippen molar-refractivity contribution in [3.63, 3.8) is 0 Å². The fraction of sp³-hybridized carbons (Fsp3) is 0.429. The van der Waals surface area contributed by atoms with Crippen molar-refractivity contribution >= 4 is 16.9 Å². The maximum Gasteiger partial charge on any atom is 0.336 e. The van der Waals surface area contributed by atoms with Gasteiger partial charge in [-0.25, -0.2) is 4.79 Å². The number of allylic oxidation sites excluding steroid dienone is 1. The molecule has 2 rings (SSSR count). The summed E-state index contributed by atoms with van der Waals surface area (Å²) in [5.41, 5.74) is 0.932. The summed E-state index contributed by atoms with van der Waals surface area (Å²) in [6.07, 6.45) is 10.1. The van der Waals surface area contributed by atoms with E-state index in [4.69, 9.17) is 9.15 Å². The second-order valence-electron chi connectivity index (χ2n) is 6.33. The number of carbonyl (C=O) groups excluding carboxylic acids is 1. The smallest absolute Gasteiger partial charge is 0.336 e. The molecule has 0 aliphatic heterocycles. The Labute approximate surface area is 148 Å². The first-order chi connectivity index (χ1) is 12.1. The quantitative estimate of drug-likeness (QED) is 0.193. The molecule has 0 amide bonds. The number of ether oxygens (including phenoxy) is 1. The molecule has 0 fully saturated rings. The zero-order chi connectivity index (χ0) is 18.1. The average Bonchev–Trinajstić information content (AvgIpc) is 2.58. The number of carbonyl (C=O) groups is 1. The predicted molar refractivity (Wildman–Crippen MR) is 100.0 cm³/mol. The normalized spacial score (nSPS) is 10.8. The van der Waals surface area contributed by atoms with Crippen LogP contribution in [0.3, 0.4) is 0 Å². The first-order valence-corrected chi connectivity index (χ1v) is 8.96. The van der Waals surface area contributed by atoms with Gasteiger partial charge in [-0.15, -0.1) is 6.58 Å². The van der Waals surface area contributed by atoms with E-state index in [9.17, 15) is 9.59 Å². The van der Waals surface area contributed by atoms with Gasteiger partial charge >= 0.3 is 11.6 Å². The Morgan fingerprint density at radius 3 is 2.60 bits per heavy atom. The third-order valence-corrected chi connectivity index (χ3v) is 4.19. The molecule has 0 spiro atoms. The van der Waals surface area contributed by atoms with Crippen molar-refractivity contribution < 1.29 is 13.9 Å². The van der Waals surface area contributed by atoms with Crippen LogP contribution in [-0.4, -0.2) is 5.97 Å². The van der Waals surface area contributed by atoms with Crippen molar-refractivity contribution in [1.82, 2.24) is 0 Å². The van der Waals surface area contributed by atoms with Gasteiger partial charge in [0.05, 0.1) is 0 Å². The molecule has 0 aliphatic rings. The van der Waals surface area contributed by atoms with Crippen LogP contribution in [0.2, 0.25) is 0 Å². The van der Waals surface area contributed by atoms with Gasteiger partial charge in [-0.2, -0.15) is 0 Å². The molecule has 2 aromatic rings. The summed E-state index contributed by atoms with van der Waals surface area (Å²) in [6, 6.07) is 6.49. The molecule has 134 valence electrons. The second-order valence-corrected chi connectivity index (χ2v) is 6.33. The van der Waals surface area contributed by atoms with Crippen molar-refractivity contribution in [1.29, 1.82) is 0 Å². The number of hydrogen-bond donors (Lipinski definition) is 0. The van der Waals surface area contributed by atoms with Gasteiger partial charge in [-0.3, -0.25) is 4.79 Å². The summed E-state index contributed by atoms with van der Waals surface area (Å²) in [7, 11) is 0. The number of hydrogen-bond acceptors (Lipinski definition) is 4. The molecule has 0 aliphatic carbocycles. The Morgan fingerprint density at radius 1 is 1.12 bits per heavy atom. The third-order valence-electron chi connectivity index (χ3n) is 4.19. The van der Waals surface area contributed by atoms with Crippen LogP contribution >= 0.6 is 0 Å². The summed E-state index contributed by atoms with van der Waals surface area (Å²) in [4.78, 5) is 23.3. The SMILES string of the molecule is C=CCCCCCCCCC(=O)Oc1ccc2oc(=O)cc(C)c2c1. The molecule has 1 aromatic carbocycles. The van der Waals surface area contributed by atoms with Gasteiger partial charge in [0.1, 0.15) is 11.3 Å². The second kappa shape index (κ2) is 9.82. The predicted octanol–water partition coefficient (Wildman–Crippen LogP) is 5.31. The lowest BCUT2D eigenvalue weighted by Gasteiger charge is -2.06. The molecule has 0 saturated heterocycles. The van der Waals surface area contributed by atoms with Crippen molar-refractivity contribution in [2.75, 3.05) is 0 Å². The van der Waals surface area contributed by atoms with E-state index < -0.39 is 0 Å². The molecule has 4 nitrogen and oxygen atoms in total. The van der Waals surface area contributed by atoms with Gasteiger partial charge in [0.15, 0.2) is 0 Å². The summed E-state index contributed by atoms with van der Waals surface area (Å²) in [5.74, 6) is 0.264. The largest absolute Gasteiger partial charge is 0.427 e. The van der Waals surface area contributed by atoms with E-state index in [2.05, 4.69) is 6.58 Å². The Morgan fingerprint density at radius 2 is 1.84 bits per heavy atom. The summed E-state index contributed by atoms with van der Waals surface area (Å²) < 4.78 is 10.5. The molecule has 1 aromatic heterocycles. The van der Waals surface area contributed by atoms with Crippen LogP contribution in [0.5, 0.6) is 5.75 Å². The van der Waals surface area contributed by atoms with Crippen LogP contribution in [0, 0.1) is 6.92 Å². The van der Waals surface area contributed by atoms with E-state index in [1.54, 1.807) is 18.2 Å². The summed E-state index contributed by atoms with van der Waals surface area (Å²) >= 11 is 0. The van der Waals surface area contributed by atoms with E-state index in [-0.39, 0.29) is 11.6 Å². The molecule has 1 heterocycles. The molecule has 4 heteroatoms. The third kappa shape index (κ3) is 6.22. The van der Waals surface area contributed by atoms with Crippen LogP contribution < -0.4 is 10.4 Å². The van der Waals surface area contributed by atoms with Gasteiger partial charge < -0.3 is 9.15 Å². The van der Waals surface area contributed by atoms with Gasteiger partial charge in [-0.05, 0) is 49.9 Å². The van der Waals surface area contributed by atoms with Gasteiger partial charge in [0, 0.05) is 17.9 Å². The zero-order valence-corrected chi connectivity index (χ0v) is 14.9. The highest BCUT2D eigenvalue weighted by Gasteiger charge is 2.08.